The van der Waals surface area contributed by atoms with Gasteiger partial charge in [-0.25, -0.2) is 0 Å². The van der Waals surface area contributed by atoms with Crippen molar-refractivity contribution in [3.8, 4) is 0 Å². The Morgan fingerprint density at radius 2 is 1.86 bits per heavy atom. The minimum absolute atomic E-state index is 0.110. The highest BCUT2D eigenvalue weighted by atomic mass is 35.5. The second-order valence-corrected chi connectivity index (χ2v) is 7.36. The van der Waals surface area contributed by atoms with E-state index in [1.165, 1.54) is 30.3 Å². The van der Waals surface area contributed by atoms with Gasteiger partial charge in [0, 0.05) is 12.7 Å². The lowest BCUT2D eigenvalue weighted by Gasteiger charge is -2.26. The van der Waals surface area contributed by atoms with Crippen LogP contribution in [0.15, 0.2) is 41.0 Å². The summed E-state index contributed by atoms with van der Waals surface area (Å²) in [4.78, 5) is 38.4. The quantitative estimate of drug-likeness (QED) is 0.710. The maximum Gasteiger partial charge on any atom is 0.287 e. The highest BCUT2D eigenvalue weighted by Gasteiger charge is 2.28. The standard InChI is InChI=1S/C19H21Cl2N3O4/c1-11(2)17(23-18(26)15-5-4-8-28-15)19(27)24(3)10-16(25)22-12-6-7-13(20)14(21)9-12/h4-9,11,17H,10H2,1-3H3,(H,22,25)(H,23,26). The summed E-state index contributed by atoms with van der Waals surface area (Å²) < 4.78 is 5.04. The van der Waals surface area contributed by atoms with Gasteiger partial charge in [0.15, 0.2) is 5.76 Å². The van der Waals surface area contributed by atoms with Crippen LogP contribution < -0.4 is 10.6 Å². The fourth-order valence-corrected chi connectivity index (χ4v) is 2.74. The van der Waals surface area contributed by atoms with Gasteiger partial charge in [0.1, 0.15) is 6.04 Å². The molecule has 9 heteroatoms. The Bertz CT molecular complexity index is 853. The molecule has 7 nitrogen and oxygen atoms in total. The molecule has 0 saturated carbocycles. The number of halogens is 2. The molecule has 1 heterocycles. The number of rotatable bonds is 7. The Morgan fingerprint density at radius 1 is 1.14 bits per heavy atom. The molecule has 0 aliphatic carbocycles. The van der Waals surface area contributed by atoms with Gasteiger partial charge in [-0.1, -0.05) is 37.0 Å². The molecular formula is C19H21Cl2N3O4. The van der Waals surface area contributed by atoms with Crippen LogP contribution in [0.1, 0.15) is 24.4 Å². The summed E-state index contributed by atoms with van der Waals surface area (Å²) in [5.74, 6) is -1.37. The van der Waals surface area contributed by atoms with Gasteiger partial charge in [-0.2, -0.15) is 0 Å². The van der Waals surface area contributed by atoms with Crippen molar-refractivity contribution in [2.45, 2.75) is 19.9 Å². The molecule has 2 aromatic rings. The molecule has 0 radical (unpaired) electrons. The number of nitrogens with one attached hydrogen (secondary N) is 2. The van der Waals surface area contributed by atoms with Gasteiger partial charge in [-0.05, 0) is 36.2 Å². The van der Waals surface area contributed by atoms with Crippen LogP contribution in [0.3, 0.4) is 0 Å². The number of hydrogen-bond acceptors (Lipinski definition) is 4. The molecule has 2 N–H and O–H groups in total. The van der Waals surface area contributed by atoms with Crippen molar-refractivity contribution in [1.29, 1.82) is 0 Å². The van der Waals surface area contributed by atoms with Crippen LogP contribution in [0.2, 0.25) is 10.0 Å². The molecule has 0 fully saturated rings. The fourth-order valence-electron chi connectivity index (χ4n) is 2.44. The number of likely N-dealkylation sites (N-methyl/N-ethyl adjacent to an activating group) is 1. The van der Waals surface area contributed by atoms with Crippen LogP contribution in [0.5, 0.6) is 0 Å². The molecule has 2 rings (SSSR count). The molecule has 150 valence electrons. The number of anilines is 1. The van der Waals surface area contributed by atoms with E-state index < -0.39 is 17.9 Å². The molecule has 0 saturated heterocycles. The third-order valence-electron chi connectivity index (χ3n) is 3.92. The van der Waals surface area contributed by atoms with Crippen LogP contribution >= 0.6 is 23.2 Å². The van der Waals surface area contributed by atoms with E-state index in [1.807, 2.05) is 0 Å². The third-order valence-corrected chi connectivity index (χ3v) is 4.66. The second kappa shape index (κ2) is 9.61. The summed E-state index contributed by atoms with van der Waals surface area (Å²) in [7, 11) is 1.49. The lowest BCUT2D eigenvalue weighted by Crippen LogP contribution is -2.51. The van der Waals surface area contributed by atoms with Crippen molar-refractivity contribution in [1.82, 2.24) is 10.2 Å². The van der Waals surface area contributed by atoms with E-state index in [0.717, 1.165) is 0 Å². The van der Waals surface area contributed by atoms with Gasteiger partial charge < -0.3 is 20.0 Å². The normalized spacial score (nSPS) is 11.8. The summed E-state index contributed by atoms with van der Waals surface area (Å²) in [6.07, 6.45) is 1.38. The SMILES string of the molecule is CC(C)C(NC(=O)c1ccco1)C(=O)N(C)CC(=O)Nc1ccc(Cl)c(Cl)c1. The van der Waals surface area contributed by atoms with Gasteiger partial charge in [0.2, 0.25) is 11.8 Å². The number of carbonyl (C=O) groups is 3. The Labute approximate surface area is 173 Å². The van der Waals surface area contributed by atoms with Gasteiger partial charge in [0.05, 0.1) is 22.9 Å². The first-order valence-electron chi connectivity index (χ1n) is 8.53. The summed E-state index contributed by atoms with van der Waals surface area (Å²) >= 11 is 11.8. The highest BCUT2D eigenvalue weighted by Crippen LogP contribution is 2.24. The zero-order chi connectivity index (χ0) is 20.8. The summed E-state index contributed by atoms with van der Waals surface area (Å²) in [5, 5.41) is 5.98. The number of benzene rings is 1. The van der Waals surface area contributed by atoms with Gasteiger partial charge >= 0.3 is 0 Å². The van der Waals surface area contributed by atoms with E-state index in [2.05, 4.69) is 10.6 Å². The van der Waals surface area contributed by atoms with Crippen LogP contribution in [0, 0.1) is 5.92 Å². The molecule has 1 aromatic carbocycles. The summed E-state index contributed by atoms with van der Waals surface area (Å²) in [5.41, 5.74) is 0.465. The van der Waals surface area contributed by atoms with Crippen molar-refractivity contribution in [2.75, 3.05) is 18.9 Å². The molecule has 0 aliphatic heterocycles. The highest BCUT2D eigenvalue weighted by molar-refractivity contribution is 6.42. The molecule has 0 aliphatic rings. The van der Waals surface area contributed by atoms with Crippen molar-refractivity contribution < 1.29 is 18.8 Å². The molecular weight excluding hydrogens is 405 g/mol. The average Bonchev–Trinajstić information content (AvgIpc) is 3.16. The predicted molar refractivity (Wildman–Crippen MR) is 108 cm³/mol. The summed E-state index contributed by atoms with van der Waals surface area (Å²) in [6.45, 7) is 3.40. The number of furan rings is 1. The molecule has 28 heavy (non-hydrogen) atoms. The van der Waals surface area contributed by atoms with Crippen LogP contribution in [-0.2, 0) is 9.59 Å². The van der Waals surface area contributed by atoms with Crippen LogP contribution in [0.4, 0.5) is 5.69 Å². The Kier molecular flexibility index (Phi) is 7.48. The first kappa shape index (κ1) is 21.8. The van der Waals surface area contributed by atoms with Gasteiger partial charge in [-0.3, -0.25) is 14.4 Å². The molecule has 1 unspecified atom stereocenters. The fraction of sp³-hybridized carbons (Fsp3) is 0.316. The minimum atomic E-state index is -0.805. The number of carbonyl (C=O) groups excluding carboxylic acids is 3. The average molecular weight is 426 g/mol. The molecule has 0 spiro atoms. The smallest absolute Gasteiger partial charge is 0.287 e. The third kappa shape index (κ3) is 5.74. The molecule has 3 amide bonds. The maximum atomic E-state index is 12.7. The van der Waals surface area contributed by atoms with Crippen molar-refractivity contribution >= 4 is 46.6 Å². The Morgan fingerprint density at radius 3 is 2.43 bits per heavy atom. The summed E-state index contributed by atoms with van der Waals surface area (Å²) in [6, 6.07) is 6.97. The van der Waals surface area contributed by atoms with Crippen LogP contribution in [-0.4, -0.2) is 42.3 Å². The Balaban J connectivity index is 1.98. The maximum absolute atomic E-state index is 12.7. The predicted octanol–water partition coefficient (Wildman–Crippen LogP) is 3.44. The van der Waals surface area contributed by atoms with Crippen molar-refractivity contribution in [3.63, 3.8) is 0 Å². The largest absolute Gasteiger partial charge is 0.459 e. The van der Waals surface area contributed by atoms with E-state index >= 15 is 0 Å². The monoisotopic (exact) mass is 425 g/mol. The zero-order valence-electron chi connectivity index (χ0n) is 15.7. The topological polar surface area (TPSA) is 91.7 Å². The van der Waals surface area contributed by atoms with Crippen LogP contribution in [0.25, 0.3) is 0 Å². The van der Waals surface area contributed by atoms with Crippen molar-refractivity contribution in [3.05, 3.63) is 52.4 Å². The lowest BCUT2D eigenvalue weighted by atomic mass is 10.0. The second-order valence-electron chi connectivity index (χ2n) is 6.54. The van der Waals surface area contributed by atoms with E-state index in [9.17, 15) is 14.4 Å². The van der Waals surface area contributed by atoms with E-state index in [0.29, 0.717) is 15.7 Å². The minimum Gasteiger partial charge on any atom is -0.459 e. The lowest BCUT2D eigenvalue weighted by molar-refractivity contribution is -0.135. The molecule has 1 aromatic heterocycles. The zero-order valence-corrected chi connectivity index (χ0v) is 17.2. The van der Waals surface area contributed by atoms with E-state index in [-0.39, 0.29) is 24.1 Å². The van der Waals surface area contributed by atoms with Gasteiger partial charge in [0.25, 0.3) is 5.91 Å². The first-order valence-corrected chi connectivity index (χ1v) is 9.29. The number of hydrogen-bond donors (Lipinski definition) is 2. The van der Waals surface area contributed by atoms with E-state index in [1.54, 1.807) is 32.0 Å². The molecule has 0 bridgehead atoms. The van der Waals surface area contributed by atoms with Gasteiger partial charge in [-0.15, -0.1) is 0 Å². The molecule has 1 atom stereocenters. The number of amides is 3. The van der Waals surface area contributed by atoms with E-state index in [4.69, 9.17) is 27.6 Å². The first-order chi connectivity index (χ1) is 13.2. The Hall–Kier alpha value is -2.51. The number of nitrogens with zero attached hydrogens (tertiary/aromatic N) is 1. The van der Waals surface area contributed by atoms with Crippen molar-refractivity contribution in [2.24, 2.45) is 5.92 Å².